The molecule has 21 heavy (non-hydrogen) atoms. The molecule has 2 rings (SSSR count). The highest BCUT2D eigenvalue weighted by molar-refractivity contribution is 6.32. The first-order chi connectivity index (χ1) is 10.1. The number of nitrogens with one attached hydrogen (secondary N) is 1. The van der Waals surface area contributed by atoms with Crippen LogP contribution in [0.25, 0.3) is 6.08 Å². The predicted molar refractivity (Wildman–Crippen MR) is 77.0 cm³/mol. The van der Waals surface area contributed by atoms with E-state index in [-0.39, 0.29) is 22.3 Å². The molecule has 0 bridgehead atoms. The largest absolute Gasteiger partial charge is 0.376 e. The molecule has 1 aliphatic heterocycles. The molecule has 1 aromatic carbocycles. The van der Waals surface area contributed by atoms with Crippen LogP contribution in [0.15, 0.2) is 23.8 Å². The SMILES string of the molecule is N#CC(=Cc1c(F)cccc1Cl)C(=O)NCC1CCCO1. The van der Waals surface area contributed by atoms with Crippen LogP contribution in [0.3, 0.4) is 0 Å². The summed E-state index contributed by atoms with van der Waals surface area (Å²) >= 11 is 5.87. The molecule has 110 valence electrons. The van der Waals surface area contributed by atoms with Crippen molar-refractivity contribution in [3.63, 3.8) is 0 Å². The summed E-state index contributed by atoms with van der Waals surface area (Å²) in [5, 5.41) is 11.8. The maximum atomic E-state index is 13.7. The monoisotopic (exact) mass is 308 g/mol. The van der Waals surface area contributed by atoms with Gasteiger partial charge in [0.05, 0.1) is 11.1 Å². The van der Waals surface area contributed by atoms with E-state index in [0.29, 0.717) is 13.2 Å². The van der Waals surface area contributed by atoms with Gasteiger partial charge >= 0.3 is 0 Å². The van der Waals surface area contributed by atoms with Crippen LogP contribution in [-0.2, 0) is 9.53 Å². The topological polar surface area (TPSA) is 62.1 Å². The van der Waals surface area contributed by atoms with Crippen molar-refractivity contribution in [2.45, 2.75) is 18.9 Å². The number of rotatable bonds is 4. The Hall–Kier alpha value is -1.90. The van der Waals surface area contributed by atoms with Crippen molar-refractivity contribution in [1.29, 1.82) is 5.26 Å². The first kappa shape index (κ1) is 15.5. The van der Waals surface area contributed by atoms with E-state index in [1.54, 1.807) is 6.07 Å². The number of ether oxygens (including phenoxy) is 1. The Morgan fingerprint density at radius 1 is 1.62 bits per heavy atom. The lowest BCUT2D eigenvalue weighted by molar-refractivity contribution is -0.117. The predicted octanol–water partition coefficient (Wildman–Crippen LogP) is 2.68. The number of nitrogens with zero attached hydrogens (tertiary/aromatic N) is 1. The lowest BCUT2D eigenvalue weighted by Gasteiger charge is -2.10. The van der Waals surface area contributed by atoms with Crippen LogP contribution in [0.2, 0.25) is 5.02 Å². The van der Waals surface area contributed by atoms with Crippen molar-refractivity contribution >= 4 is 23.6 Å². The molecule has 1 heterocycles. The van der Waals surface area contributed by atoms with Crippen LogP contribution in [-0.4, -0.2) is 25.2 Å². The summed E-state index contributed by atoms with van der Waals surface area (Å²) < 4.78 is 19.0. The summed E-state index contributed by atoms with van der Waals surface area (Å²) in [5.41, 5.74) is -0.164. The average Bonchev–Trinajstić information content (AvgIpc) is 2.98. The number of hydrogen-bond donors (Lipinski definition) is 1. The zero-order valence-electron chi connectivity index (χ0n) is 11.2. The van der Waals surface area contributed by atoms with Gasteiger partial charge in [0.1, 0.15) is 17.5 Å². The van der Waals surface area contributed by atoms with Gasteiger partial charge in [-0.05, 0) is 31.1 Å². The Balaban J connectivity index is 2.09. The van der Waals surface area contributed by atoms with Gasteiger partial charge in [-0.3, -0.25) is 4.79 Å². The Kier molecular flexibility index (Phi) is 5.32. The quantitative estimate of drug-likeness (QED) is 0.687. The number of hydrogen-bond acceptors (Lipinski definition) is 3. The Labute approximate surface area is 127 Å². The second-order valence-electron chi connectivity index (χ2n) is 4.65. The zero-order chi connectivity index (χ0) is 15.2. The Bertz CT molecular complexity index is 584. The van der Waals surface area contributed by atoms with Crippen molar-refractivity contribution < 1.29 is 13.9 Å². The molecule has 1 atom stereocenters. The standard InChI is InChI=1S/C15H14ClFN2O2/c16-13-4-1-5-14(17)12(13)7-10(8-18)15(20)19-9-11-3-2-6-21-11/h1,4-5,7,11H,2-3,6,9H2,(H,19,20). The summed E-state index contributed by atoms with van der Waals surface area (Å²) in [5.74, 6) is -1.14. The van der Waals surface area contributed by atoms with Crippen molar-refractivity contribution in [2.24, 2.45) is 0 Å². The molecule has 1 amide bonds. The number of carbonyl (C=O) groups is 1. The van der Waals surface area contributed by atoms with E-state index in [4.69, 9.17) is 21.6 Å². The zero-order valence-corrected chi connectivity index (χ0v) is 12.0. The van der Waals surface area contributed by atoms with E-state index in [1.165, 1.54) is 18.2 Å². The molecule has 1 N–H and O–H groups in total. The molecule has 1 unspecified atom stereocenters. The van der Waals surface area contributed by atoms with E-state index in [9.17, 15) is 9.18 Å². The Morgan fingerprint density at radius 3 is 3.05 bits per heavy atom. The number of carbonyl (C=O) groups excluding carboxylic acids is 1. The van der Waals surface area contributed by atoms with Crippen LogP contribution >= 0.6 is 11.6 Å². The van der Waals surface area contributed by atoms with Gasteiger partial charge in [0.15, 0.2) is 0 Å². The first-order valence-corrected chi connectivity index (χ1v) is 6.95. The number of halogens is 2. The molecule has 4 nitrogen and oxygen atoms in total. The lowest BCUT2D eigenvalue weighted by Crippen LogP contribution is -2.32. The number of nitriles is 1. The normalized spacial score (nSPS) is 18.3. The van der Waals surface area contributed by atoms with Crippen LogP contribution in [0, 0.1) is 17.1 Å². The van der Waals surface area contributed by atoms with Gasteiger partial charge < -0.3 is 10.1 Å². The highest BCUT2D eigenvalue weighted by atomic mass is 35.5. The highest BCUT2D eigenvalue weighted by Crippen LogP contribution is 2.21. The number of benzene rings is 1. The lowest BCUT2D eigenvalue weighted by atomic mass is 10.1. The van der Waals surface area contributed by atoms with E-state index >= 15 is 0 Å². The van der Waals surface area contributed by atoms with Crippen molar-refractivity contribution in [3.05, 3.63) is 40.2 Å². The second kappa shape index (κ2) is 7.21. The van der Waals surface area contributed by atoms with Gasteiger partial charge in [0.2, 0.25) is 0 Å². The highest BCUT2D eigenvalue weighted by Gasteiger charge is 2.18. The van der Waals surface area contributed by atoms with Crippen LogP contribution in [0.5, 0.6) is 0 Å². The number of amides is 1. The minimum Gasteiger partial charge on any atom is -0.376 e. The molecular weight excluding hydrogens is 295 g/mol. The van der Waals surface area contributed by atoms with E-state index in [2.05, 4.69) is 5.32 Å². The van der Waals surface area contributed by atoms with Crippen LogP contribution < -0.4 is 5.32 Å². The summed E-state index contributed by atoms with van der Waals surface area (Å²) in [6, 6.07) is 5.93. The molecule has 1 fully saturated rings. The molecule has 0 aliphatic carbocycles. The molecule has 1 aromatic rings. The van der Waals surface area contributed by atoms with E-state index in [1.807, 2.05) is 0 Å². The van der Waals surface area contributed by atoms with Crippen LogP contribution in [0.1, 0.15) is 18.4 Å². The van der Waals surface area contributed by atoms with Crippen molar-refractivity contribution in [3.8, 4) is 6.07 Å². The van der Waals surface area contributed by atoms with Crippen molar-refractivity contribution in [2.75, 3.05) is 13.2 Å². The first-order valence-electron chi connectivity index (χ1n) is 6.57. The maximum absolute atomic E-state index is 13.7. The molecule has 0 radical (unpaired) electrons. The second-order valence-corrected chi connectivity index (χ2v) is 5.06. The molecule has 6 heteroatoms. The average molecular weight is 309 g/mol. The minimum absolute atomic E-state index is 0.0223. The van der Waals surface area contributed by atoms with E-state index in [0.717, 1.165) is 18.9 Å². The molecule has 0 saturated carbocycles. The molecule has 1 aliphatic rings. The van der Waals surface area contributed by atoms with Gasteiger partial charge in [0.25, 0.3) is 5.91 Å². The third-order valence-electron chi connectivity index (χ3n) is 3.17. The van der Waals surface area contributed by atoms with Gasteiger partial charge in [0, 0.05) is 18.7 Å². The summed E-state index contributed by atoms with van der Waals surface area (Å²) in [6.45, 7) is 1.02. The van der Waals surface area contributed by atoms with Gasteiger partial charge in [-0.15, -0.1) is 0 Å². The minimum atomic E-state index is -0.581. The Morgan fingerprint density at radius 2 is 2.43 bits per heavy atom. The molecule has 1 saturated heterocycles. The maximum Gasteiger partial charge on any atom is 0.262 e. The summed E-state index contributed by atoms with van der Waals surface area (Å²) in [4.78, 5) is 11.9. The van der Waals surface area contributed by atoms with Gasteiger partial charge in [-0.1, -0.05) is 17.7 Å². The van der Waals surface area contributed by atoms with Crippen molar-refractivity contribution in [1.82, 2.24) is 5.32 Å². The fourth-order valence-corrected chi connectivity index (χ4v) is 2.27. The van der Waals surface area contributed by atoms with Crippen LogP contribution in [0.4, 0.5) is 4.39 Å². The molecular formula is C15H14ClFN2O2. The summed E-state index contributed by atoms with van der Waals surface area (Å²) in [7, 11) is 0. The molecule has 0 aromatic heterocycles. The smallest absolute Gasteiger partial charge is 0.262 e. The summed E-state index contributed by atoms with van der Waals surface area (Å²) in [6.07, 6.45) is 2.98. The van der Waals surface area contributed by atoms with Gasteiger partial charge in [-0.25, -0.2) is 4.39 Å². The fourth-order valence-electron chi connectivity index (χ4n) is 2.05. The van der Waals surface area contributed by atoms with Gasteiger partial charge in [-0.2, -0.15) is 5.26 Å². The van der Waals surface area contributed by atoms with E-state index < -0.39 is 11.7 Å². The molecule has 0 spiro atoms. The third-order valence-corrected chi connectivity index (χ3v) is 3.50. The third kappa shape index (κ3) is 4.03. The fraction of sp³-hybridized carbons (Fsp3) is 0.333.